The molecule has 124 valence electrons. The standard InChI is InChI=1S/C17H24N4O2/c1-13(2)15(20-7-9-23-10-8-20)11-18-17(22)14-12-21-6-4-3-5-16(21)19-14/h3-6,12-13,15H,7-11H2,1-2H3,(H,18,22). The first kappa shape index (κ1) is 16.0. The minimum atomic E-state index is -0.118. The summed E-state index contributed by atoms with van der Waals surface area (Å²) in [5, 5.41) is 3.04. The molecule has 0 saturated carbocycles. The lowest BCUT2D eigenvalue weighted by Crippen LogP contribution is -2.51. The predicted octanol–water partition coefficient (Wildman–Crippen LogP) is 1.42. The van der Waals surface area contributed by atoms with Crippen molar-refractivity contribution in [2.45, 2.75) is 19.9 Å². The molecule has 6 heteroatoms. The quantitative estimate of drug-likeness (QED) is 0.906. The maximum absolute atomic E-state index is 12.4. The molecule has 23 heavy (non-hydrogen) atoms. The fraction of sp³-hybridized carbons (Fsp3) is 0.529. The van der Waals surface area contributed by atoms with Crippen molar-refractivity contribution in [3.05, 3.63) is 36.3 Å². The van der Waals surface area contributed by atoms with Crippen LogP contribution in [-0.2, 0) is 4.74 Å². The number of ether oxygens (including phenoxy) is 1. The zero-order chi connectivity index (χ0) is 16.2. The zero-order valence-corrected chi connectivity index (χ0v) is 13.7. The highest BCUT2D eigenvalue weighted by atomic mass is 16.5. The maximum Gasteiger partial charge on any atom is 0.271 e. The van der Waals surface area contributed by atoms with E-state index in [-0.39, 0.29) is 5.91 Å². The molecule has 2 aromatic heterocycles. The lowest BCUT2D eigenvalue weighted by molar-refractivity contribution is 0.00671. The second kappa shape index (κ2) is 7.10. The number of nitrogens with one attached hydrogen (secondary N) is 1. The number of rotatable bonds is 5. The van der Waals surface area contributed by atoms with Gasteiger partial charge in [0.15, 0.2) is 0 Å². The molecular weight excluding hydrogens is 292 g/mol. The second-order valence-electron chi connectivity index (χ2n) is 6.26. The van der Waals surface area contributed by atoms with Crippen LogP contribution >= 0.6 is 0 Å². The van der Waals surface area contributed by atoms with Gasteiger partial charge < -0.3 is 14.5 Å². The largest absolute Gasteiger partial charge is 0.379 e. The van der Waals surface area contributed by atoms with Gasteiger partial charge in [-0.3, -0.25) is 9.69 Å². The van der Waals surface area contributed by atoms with Gasteiger partial charge in [-0.1, -0.05) is 19.9 Å². The smallest absolute Gasteiger partial charge is 0.271 e. The van der Waals surface area contributed by atoms with E-state index in [9.17, 15) is 4.79 Å². The van der Waals surface area contributed by atoms with Crippen molar-refractivity contribution in [2.24, 2.45) is 5.92 Å². The van der Waals surface area contributed by atoms with E-state index in [4.69, 9.17) is 4.74 Å². The van der Waals surface area contributed by atoms with Crippen molar-refractivity contribution < 1.29 is 9.53 Å². The Morgan fingerprint density at radius 2 is 2.13 bits per heavy atom. The van der Waals surface area contributed by atoms with Gasteiger partial charge in [-0.05, 0) is 18.1 Å². The summed E-state index contributed by atoms with van der Waals surface area (Å²) in [6, 6.07) is 6.04. The highest BCUT2D eigenvalue weighted by molar-refractivity contribution is 5.92. The molecule has 3 rings (SSSR count). The molecule has 1 fully saturated rings. The Bertz CT molecular complexity index is 628. The number of carbonyl (C=O) groups is 1. The summed E-state index contributed by atoms with van der Waals surface area (Å²) in [5.74, 6) is 0.349. The Balaban J connectivity index is 1.64. The second-order valence-corrected chi connectivity index (χ2v) is 6.26. The molecule has 6 nitrogen and oxygen atoms in total. The van der Waals surface area contributed by atoms with Crippen molar-refractivity contribution in [3.63, 3.8) is 0 Å². The Kier molecular flexibility index (Phi) is 4.93. The summed E-state index contributed by atoms with van der Waals surface area (Å²) in [7, 11) is 0. The number of hydrogen-bond acceptors (Lipinski definition) is 4. The molecule has 1 amide bonds. The summed E-state index contributed by atoms with van der Waals surface area (Å²) in [4.78, 5) is 19.2. The van der Waals surface area contributed by atoms with Gasteiger partial charge in [0.1, 0.15) is 11.3 Å². The van der Waals surface area contributed by atoms with Crippen molar-refractivity contribution in [1.29, 1.82) is 0 Å². The van der Waals surface area contributed by atoms with Gasteiger partial charge >= 0.3 is 0 Å². The lowest BCUT2D eigenvalue weighted by atomic mass is 10.0. The molecule has 0 bridgehead atoms. The van der Waals surface area contributed by atoms with Crippen molar-refractivity contribution in [1.82, 2.24) is 19.6 Å². The molecule has 3 heterocycles. The van der Waals surface area contributed by atoms with E-state index in [1.54, 1.807) is 6.20 Å². The van der Waals surface area contributed by atoms with Crippen molar-refractivity contribution in [3.8, 4) is 0 Å². The Labute approximate surface area is 136 Å². The van der Waals surface area contributed by atoms with E-state index in [2.05, 4.69) is 29.0 Å². The van der Waals surface area contributed by atoms with Crippen molar-refractivity contribution >= 4 is 11.6 Å². The van der Waals surface area contributed by atoms with E-state index < -0.39 is 0 Å². The van der Waals surface area contributed by atoms with Gasteiger partial charge in [-0.2, -0.15) is 0 Å². The van der Waals surface area contributed by atoms with E-state index >= 15 is 0 Å². The van der Waals surface area contributed by atoms with E-state index in [0.717, 1.165) is 32.0 Å². The van der Waals surface area contributed by atoms with Crippen LogP contribution in [0.3, 0.4) is 0 Å². The highest BCUT2D eigenvalue weighted by Gasteiger charge is 2.24. The third-order valence-corrected chi connectivity index (χ3v) is 4.35. The van der Waals surface area contributed by atoms with Gasteiger partial charge in [0, 0.05) is 38.1 Å². The van der Waals surface area contributed by atoms with E-state index in [0.29, 0.717) is 24.2 Å². The third kappa shape index (κ3) is 3.71. The molecule has 0 aliphatic carbocycles. The molecule has 0 radical (unpaired) electrons. The Hall–Kier alpha value is -1.92. The molecule has 1 aliphatic rings. The van der Waals surface area contributed by atoms with Gasteiger partial charge in [-0.15, -0.1) is 0 Å². The van der Waals surface area contributed by atoms with E-state index in [1.807, 2.05) is 28.8 Å². The molecular formula is C17H24N4O2. The normalized spacial score (nSPS) is 17.5. The summed E-state index contributed by atoms with van der Waals surface area (Å²) < 4.78 is 7.27. The first-order valence-corrected chi connectivity index (χ1v) is 8.19. The zero-order valence-electron chi connectivity index (χ0n) is 13.7. The molecule has 1 N–H and O–H groups in total. The Morgan fingerprint density at radius 1 is 1.35 bits per heavy atom. The van der Waals surface area contributed by atoms with Crippen LogP contribution in [0.4, 0.5) is 0 Å². The van der Waals surface area contributed by atoms with Crippen LogP contribution in [0.1, 0.15) is 24.3 Å². The third-order valence-electron chi connectivity index (χ3n) is 4.35. The summed E-state index contributed by atoms with van der Waals surface area (Å²) >= 11 is 0. The van der Waals surface area contributed by atoms with Crippen LogP contribution in [0.5, 0.6) is 0 Å². The number of nitrogens with zero attached hydrogens (tertiary/aromatic N) is 3. The molecule has 1 saturated heterocycles. The minimum absolute atomic E-state index is 0.118. The topological polar surface area (TPSA) is 58.9 Å². The number of fused-ring (bicyclic) bond motifs is 1. The summed E-state index contributed by atoms with van der Waals surface area (Å²) in [6.07, 6.45) is 3.66. The monoisotopic (exact) mass is 316 g/mol. The van der Waals surface area contributed by atoms with Crippen LogP contribution in [-0.4, -0.2) is 59.1 Å². The maximum atomic E-state index is 12.4. The minimum Gasteiger partial charge on any atom is -0.379 e. The van der Waals surface area contributed by atoms with Gasteiger partial charge in [0.2, 0.25) is 0 Å². The van der Waals surface area contributed by atoms with Gasteiger partial charge in [0.05, 0.1) is 13.2 Å². The average Bonchev–Trinajstić information content (AvgIpc) is 2.99. The summed E-state index contributed by atoms with van der Waals surface area (Å²) in [6.45, 7) is 8.39. The number of morpholine rings is 1. The molecule has 1 aliphatic heterocycles. The van der Waals surface area contributed by atoms with Crippen molar-refractivity contribution in [2.75, 3.05) is 32.8 Å². The fourth-order valence-electron chi connectivity index (χ4n) is 3.03. The summed E-state index contributed by atoms with van der Waals surface area (Å²) in [5.41, 5.74) is 1.24. The van der Waals surface area contributed by atoms with E-state index in [1.165, 1.54) is 0 Å². The highest BCUT2D eigenvalue weighted by Crippen LogP contribution is 2.12. The van der Waals surface area contributed by atoms with Gasteiger partial charge in [-0.25, -0.2) is 4.98 Å². The SMILES string of the molecule is CC(C)C(CNC(=O)c1cn2ccccc2n1)N1CCOCC1. The number of amides is 1. The average molecular weight is 316 g/mol. The fourth-order valence-corrected chi connectivity index (χ4v) is 3.03. The molecule has 0 spiro atoms. The Morgan fingerprint density at radius 3 is 2.83 bits per heavy atom. The molecule has 2 aromatic rings. The molecule has 1 unspecified atom stereocenters. The van der Waals surface area contributed by atoms with Crippen LogP contribution in [0.25, 0.3) is 5.65 Å². The van der Waals surface area contributed by atoms with Crippen LogP contribution in [0.2, 0.25) is 0 Å². The molecule has 0 aromatic carbocycles. The first-order chi connectivity index (χ1) is 11.1. The number of carbonyl (C=O) groups excluding carboxylic acids is 1. The van der Waals surface area contributed by atoms with Crippen LogP contribution in [0.15, 0.2) is 30.6 Å². The van der Waals surface area contributed by atoms with Gasteiger partial charge in [0.25, 0.3) is 5.91 Å². The first-order valence-electron chi connectivity index (χ1n) is 8.19. The number of hydrogen-bond donors (Lipinski definition) is 1. The number of aromatic nitrogens is 2. The predicted molar refractivity (Wildman–Crippen MR) is 88.5 cm³/mol. The number of imidazole rings is 1. The lowest BCUT2D eigenvalue weighted by Gasteiger charge is -2.36. The van der Waals surface area contributed by atoms with Crippen LogP contribution < -0.4 is 5.32 Å². The number of pyridine rings is 1. The molecule has 1 atom stereocenters. The van der Waals surface area contributed by atoms with Crippen LogP contribution in [0, 0.1) is 5.92 Å².